The van der Waals surface area contributed by atoms with Crippen LogP contribution in [0.4, 0.5) is 9.18 Å². The van der Waals surface area contributed by atoms with Gasteiger partial charge in [0.15, 0.2) is 11.6 Å². The molecule has 8 heteroatoms. The molecule has 1 fully saturated rings. The molecule has 1 saturated carbocycles. The van der Waals surface area contributed by atoms with Crippen molar-refractivity contribution in [3.05, 3.63) is 89.7 Å². The minimum Gasteiger partial charge on any atom is -0.494 e. The Morgan fingerprint density at radius 2 is 1.61 bits per heavy atom. The molecule has 1 unspecified atom stereocenters. The van der Waals surface area contributed by atoms with E-state index in [0.29, 0.717) is 25.2 Å². The zero-order valence-corrected chi connectivity index (χ0v) is 19.3. The first-order valence-corrected chi connectivity index (χ1v) is 11.0. The molecular formula is C25H23Cl2FO5. The fourth-order valence-corrected chi connectivity index (χ4v) is 4.49. The number of halogens is 3. The third kappa shape index (κ3) is 6.09. The molecule has 3 aromatic rings. The maximum Gasteiger partial charge on any atom is 0.503 e. The van der Waals surface area contributed by atoms with Gasteiger partial charge in [0.25, 0.3) is 0 Å². The fourth-order valence-electron chi connectivity index (χ4n) is 3.68. The fraction of sp³-hybridized carbons (Fsp3) is 0.240. The second kappa shape index (κ2) is 10.3. The van der Waals surface area contributed by atoms with Gasteiger partial charge in [-0.2, -0.15) is 0 Å². The number of hydrogen-bond acceptors (Lipinski definition) is 3. The maximum absolute atomic E-state index is 14.3. The van der Waals surface area contributed by atoms with Gasteiger partial charge in [-0.1, -0.05) is 36.4 Å². The number of para-hydroxylation sites is 1. The van der Waals surface area contributed by atoms with Gasteiger partial charge in [0.05, 0.1) is 6.61 Å². The van der Waals surface area contributed by atoms with E-state index in [2.05, 4.69) is 0 Å². The molecule has 0 saturated heterocycles. The highest BCUT2D eigenvalue weighted by Crippen LogP contribution is 2.66. The highest BCUT2D eigenvalue weighted by molar-refractivity contribution is 6.52. The molecule has 1 atom stereocenters. The lowest BCUT2D eigenvalue weighted by atomic mass is 9.88. The average molecular weight is 493 g/mol. The first-order valence-electron chi connectivity index (χ1n) is 10.2. The van der Waals surface area contributed by atoms with Crippen LogP contribution in [-0.2, 0) is 11.8 Å². The summed E-state index contributed by atoms with van der Waals surface area (Å²) in [7, 11) is 0. The molecule has 0 spiro atoms. The second-order valence-corrected chi connectivity index (χ2v) is 9.04. The summed E-state index contributed by atoms with van der Waals surface area (Å²) in [5.74, 6) is 1.17. The van der Waals surface area contributed by atoms with Crippen molar-refractivity contribution < 1.29 is 28.9 Å². The summed E-state index contributed by atoms with van der Waals surface area (Å²) in [6, 6.07) is 21.9. The van der Waals surface area contributed by atoms with Crippen molar-refractivity contribution in [1.29, 1.82) is 0 Å². The summed E-state index contributed by atoms with van der Waals surface area (Å²) in [4.78, 5) is 8.56. The van der Waals surface area contributed by atoms with E-state index in [1.54, 1.807) is 24.3 Å². The largest absolute Gasteiger partial charge is 0.503 e. The van der Waals surface area contributed by atoms with Crippen molar-refractivity contribution >= 4 is 29.4 Å². The minimum absolute atomic E-state index is 0.186. The van der Waals surface area contributed by atoms with Crippen molar-refractivity contribution in [3.8, 4) is 17.2 Å². The Kier molecular flexibility index (Phi) is 7.72. The molecule has 3 aromatic carbocycles. The van der Waals surface area contributed by atoms with Crippen LogP contribution in [0.1, 0.15) is 24.5 Å². The number of carbonyl (C=O) groups is 1. The Morgan fingerprint density at radius 1 is 1.00 bits per heavy atom. The monoisotopic (exact) mass is 492 g/mol. The molecule has 5 nitrogen and oxygen atoms in total. The van der Waals surface area contributed by atoms with Gasteiger partial charge in [-0.3, -0.25) is 0 Å². The normalized spacial score (nSPS) is 17.9. The van der Waals surface area contributed by atoms with Gasteiger partial charge in [-0.25, -0.2) is 9.18 Å². The Bertz CT molecular complexity index is 1090. The van der Waals surface area contributed by atoms with E-state index in [-0.39, 0.29) is 5.75 Å². The predicted octanol–water partition coefficient (Wildman–Crippen LogP) is 7.30. The molecule has 0 heterocycles. The summed E-state index contributed by atoms with van der Waals surface area (Å²) in [5.41, 5.74) is 1.53. The van der Waals surface area contributed by atoms with Crippen molar-refractivity contribution in [2.45, 2.75) is 29.5 Å². The summed E-state index contributed by atoms with van der Waals surface area (Å²) in [6.07, 6.45) is -0.622. The number of alkyl halides is 2. The van der Waals surface area contributed by atoms with E-state index >= 15 is 0 Å². The topological polar surface area (TPSA) is 76.0 Å². The van der Waals surface area contributed by atoms with E-state index in [1.807, 2.05) is 49.4 Å². The lowest BCUT2D eigenvalue weighted by molar-refractivity contribution is 0.137. The van der Waals surface area contributed by atoms with Crippen molar-refractivity contribution in [2.24, 2.45) is 0 Å². The van der Waals surface area contributed by atoms with Crippen LogP contribution in [0.3, 0.4) is 0 Å². The van der Waals surface area contributed by atoms with Gasteiger partial charge < -0.3 is 19.7 Å². The molecule has 174 valence electrons. The van der Waals surface area contributed by atoms with Crippen molar-refractivity contribution in [2.75, 3.05) is 6.61 Å². The predicted molar refractivity (Wildman–Crippen MR) is 126 cm³/mol. The highest BCUT2D eigenvalue weighted by atomic mass is 35.5. The van der Waals surface area contributed by atoms with Crippen LogP contribution < -0.4 is 9.47 Å². The Balaban J connectivity index is 0.000000709. The molecule has 4 rings (SSSR count). The molecule has 1 aliphatic carbocycles. The molecular weight excluding hydrogens is 470 g/mol. The molecule has 0 bridgehead atoms. The summed E-state index contributed by atoms with van der Waals surface area (Å²) in [6.45, 7) is 2.56. The van der Waals surface area contributed by atoms with E-state index in [1.165, 1.54) is 6.07 Å². The molecule has 0 aromatic heterocycles. The van der Waals surface area contributed by atoms with Crippen LogP contribution in [0.2, 0.25) is 0 Å². The number of ether oxygens (including phenoxy) is 2. The van der Waals surface area contributed by atoms with Crippen LogP contribution in [0.15, 0.2) is 72.8 Å². The van der Waals surface area contributed by atoms with Crippen LogP contribution >= 0.6 is 23.2 Å². The lowest BCUT2D eigenvalue weighted by Gasteiger charge is -2.20. The maximum atomic E-state index is 14.3. The minimum atomic E-state index is -1.83. The SMILES string of the molecule is CCOc1ccc(C2(Cc3ccc(F)c(Oc4ccccc4)c3)CC2(Cl)Cl)cc1.O=C(O)O. The smallest absolute Gasteiger partial charge is 0.494 e. The Morgan fingerprint density at radius 3 is 2.15 bits per heavy atom. The van der Waals surface area contributed by atoms with Crippen LogP contribution in [0.25, 0.3) is 0 Å². The quantitative estimate of drug-likeness (QED) is 0.338. The van der Waals surface area contributed by atoms with Crippen LogP contribution in [0.5, 0.6) is 17.2 Å². The van der Waals surface area contributed by atoms with Crippen LogP contribution in [-0.4, -0.2) is 27.3 Å². The van der Waals surface area contributed by atoms with Gasteiger partial charge in [-0.15, -0.1) is 23.2 Å². The summed E-state index contributed by atoms with van der Waals surface area (Å²) < 4.78 is 24.7. The highest BCUT2D eigenvalue weighted by Gasteiger charge is 2.66. The molecule has 0 amide bonds. The summed E-state index contributed by atoms with van der Waals surface area (Å²) >= 11 is 13.2. The number of benzene rings is 3. The second-order valence-electron chi connectivity index (χ2n) is 7.56. The number of rotatable bonds is 7. The molecule has 0 radical (unpaired) electrons. The number of carboxylic acid groups (broad SMARTS) is 2. The Labute approximate surface area is 201 Å². The van der Waals surface area contributed by atoms with Gasteiger partial charge in [0.1, 0.15) is 15.8 Å². The zero-order valence-electron chi connectivity index (χ0n) is 17.8. The van der Waals surface area contributed by atoms with E-state index < -0.39 is 21.7 Å². The molecule has 0 aliphatic heterocycles. The molecule has 2 N–H and O–H groups in total. The Hall–Kier alpha value is -2.96. The third-order valence-electron chi connectivity index (χ3n) is 5.29. The van der Waals surface area contributed by atoms with Crippen molar-refractivity contribution in [3.63, 3.8) is 0 Å². The van der Waals surface area contributed by atoms with Gasteiger partial charge >= 0.3 is 6.16 Å². The third-order valence-corrected chi connectivity index (χ3v) is 6.28. The van der Waals surface area contributed by atoms with Crippen LogP contribution in [0, 0.1) is 5.82 Å². The van der Waals surface area contributed by atoms with Gasteiger partial charge in [0, 0.05) is 5.41 Å². The lowest BCUT2D eigenvalue weighted by Crippen LogP contribution is -2.18. The first-order chi connectivity index (χ1) is 15.7. The van der Waals surface area contributed by atoms with E-state index in [9.17, 15) is 4.39 Å². The first kappa shape index (κ1) is 24.7. The number of hydrogen-bond donors (Lipinski definition) is 2. The molecule has 1 aliphatic rings. The standard InChI is InChI=1S/C24H21Cl2FO2.CH2O3/c1-2-28-19-11-9-18(10-12-19)23(16-24(23,25)26)15-17-8-13-21(27)22(14-17)29-20-6-4-3-5-7-20;2-1(3)4/h3-14H,2,15-16H2,1H3;(H2,2,3,4). The van der Waals surface area contributed by atoms with Gasteiger partial charge in [-0.05, 0) is 67.3 Å². The van der Waals surface area contributed by atoms with E-state index in [4.69, 9.17) is 47.7 Å². The molecule has 33 heavy (non-hydrogen) atoms. The van der Waals surface area contributed by atoms with Crippen molar-refractivity contribution in [1.82, 2.24) is 0 Å². The average Bonchev–Trinajstić information content (AvgIpc) is 3.32. The summed E-state index contributed by atoms with van der Waals surface area (Å²) in [5, 5.41) is 13.9. The zero-order chi connectivity index (χ0) is 24.1. The van der Waals surface area contributed by atoms with E-state index in [0.717, 1.165) is 16.9 Å². The van der Waals surface area contributed by atoms with Gasteiger partial charge in [0.2, 0.25) is 0 Å².